The largest absolute Gasteiger partial charge is 0.472 e. The summed E-state index contributed by atoms with van der Waals surface area (Å²) < 4.78 is 23.0. The van der Waals surface area contributed by atoms with E-state index in [1.807, 2.05) is 0 Å². The number of aliphatic hydroxyl groups excluding tert-OH is 7. The van der Waals surface area contributed by atoms with Crippen LogP contribution < -0.4 is 5.32 Å². The van der Waals surface area contributed by atoms with Crippen molar-refractivity contribution < 1.29 is 59.0 Å². The van der Waals surface area contributed by atoms with Gasteiger partial charge in [0.25, 0.3) is 0 Å². The number of rotatable bonds is 43. The van der Waals surface area contributed by atoms with Gasteiger partial charge in [0.15, 0.2) is 0 Å². The van der Waals surface area contributed by atoms with E-state index < -0.39 is 75.2 Å². The Hall–Kier alpha value is -0.960. The van der Waals surface area contributed by atoms with Gasteiger partial charge in [-0.15, -0.1) is 0 Å². The van der Waals surface area contributed by atoms with Crippen LogP contribution in [-0.2, 0) is 18.4 Å². The first-order valence-corrected chi connectivity index (χ1v) is 27.2. The predicted octanol–water partition coefficient (Wildman–Crippen LogP) is 9.37. The highest BCUT2D eigenvalue weighted by Crippen LogP contribution is 2.47. The molecule has 8 atom stereocenters. The molecule has 374 valence electrons. The third kappa shape index (κ3) is 30.9. The molecule has 63 heavy (non-hydrogen) atoms. The van der Waals surface area contributed by atoms with Gasteiger partial charge in [0.2, 0.25) is 5.91 Å². The number of phosphoric acid groups is 1. The number of hydrogen-bond donors (Lipinski definition) is 9. The summed E-state index contributed by atoms with van der Waals surface area (Å²) in [7, 11) is -5.12. The van der Waals surface area contributed by atoms with Crippen LogP contribution in [0.5, 0.6) is 0 Å². The molecule has 0 heterocycles. The van der Waals surface area contributed by atoms with E-state index in [9.17, 15) is 50.0 Å². The first-order chi connectivity index (χ1) is 30.3. The summed E-state index contributed by atoms with van der Waals surface area (Å²) in [5.41, 5.74) is 0. The van der Waals surface area contributed by atoms with Crippen LogP contribution in [0.25, 0.3) is 0 Å². The van der Waals surface area contributed by atoms with Crippen LogP contribution in [0.3, 0.4) is 0 Å². The highest BCUT2D eigenvalue weighted by molar-refractivity contribution is 7.47. The fraction of sp³-hybridized carbons (Fsp3) is 0.939. The second-order valence-corrected chi connectivity index (χ2v) is 20.0. The van der Waals surface area contributed by atoms with Gasteiger partial charge in [0.1, 0.15) is 36.6 Å². The molecular formula is C49H96NO12P. The van der Waals surface area contributed by atoms with E-state index in [-0.39, 0.29) is 12.8 Å². The molecule has 0 bridgehead atoms. The minimum atomic E-state index is -5.12. The lowest BCUT2D eigenvalue weighted by Crippen LogP contribution is -2.64. The topological polar surface area (TPSA) is 226 Å². The van der Waals surface area contributed by atoms with E-state index in [1.54, 1.807) is 0 Å². The fourth-order valence-electron chi connectivity index (χ4n) is 8.42. The molecule has 1 amide bonds. The molecule has 0 saturated heterocycles. The Morgan fingerprint density at radius 2 is 0.889 bits per heavy atom. The van der Waals surface area contributed by atoms with Crippen LogP contribution in [0.15, 0.2) is 12.2 Å². The van der Waals surface area contributed by atoms with Crippen molar-refractivity contribution in [1.82, 2.24) is 5.32 Å². The molecule has 1 aliphatic rings. The highest BCUT2D eigenvalue weighted by Gasteiger charge is 2.51. The summed E-state index contributed by atoms with van der Waals surface area (Å²) in [6, 6.07) is -1.15. The Labute approximate surface area is 382 Å². The van der Waals surface area contributed by atoms with Crippen molar-refractivity contribution in [1.29, 1.82) is 0 Å². The maximum atomic E-state index is 13.0. The van der Waals surface area contributed by atoms with Crippen molar-refractivity contribution in [2.24, 2.45) is 0 Å². The normalized spacial score (nSPS) is 22.9. The van der Waals surface area contributed by atoms with Crippen LogP contribution in [-0.4, -0.2) is 108 Å². The minimum Gasteiger partial charge on any atom is -0.393 e. The van der Waals surface area contributed by atoms with Crippen LogP contribution in [0.1, 0.15) is 232 Å². The SMILES string of the molecule is CCCCCCCCCCCC/C=C\CCCCCCCC(O)CC(=O)NC(COP(=O)(O)OC1C(O)C(O)C(O)C(O)C1O)C(O)CCCCCCCCCCCCCCCC. The van der Waals surface area contributed by atoms with Gasteiger partial charge in [-0.1, -0.05) is 199 Å². The predicted molar refractivity (Wildman–Crippen MR) is 252 cm³/mol. The molecule has 0 aromatic carbocycles. The fourth-order valence-corrected chi connectivity index (χ4v) is 9.38. The third-order valence-electron chi connectivity index (χ3n) is 12.6. The van der Waals surface area contributed by atoms with Crippen molar-refractivity contribution in [2.45, 2.75) is 287 Å². The first kappa shape index (κ1) is 60.1. The number of nitrogens with one attached hydrogen (secondary N) is 1. The first-order valence-electron chi connectivity index (χ1n) is 25.7. The molecule has 0 radical (unpaired) electrons. The van der Waals surface area contributed by atoms with Gasteiger partial charge >= 0.3 is 7.82 Å². The summed E-state index contributed by atoms with van der Waals surface area (Å²) >= 11 is 0. The lowest BCUT2D eigenvalue weighted by atomic mass is 9.85. The molecule has 0 aromatic heterocycles. The zero-order valence-corrected chi connectivity index (χ0v) is 40.7. The molecule has 1 rings (SSSR count). The summed E-state index contributed by atoms with van der Waals surface area (Å²) in [5.74, 6) is -0.562. The molecule has 0 aliphatic heterocycles. The third-order valence-corrected chi connectivity index (χ3v) is 13.6. The van der Waals surface area contributed by atoms with E-state index in [2.05, 4.69) is 31.3 Å². The highest BCUT2D eigenvalue weighted by atomic mass is 31.2. The number of aliphatic hydroxyl groups is 7. The molecule has 9 N–H and O–H groups in total. The van der Waals surface area contributed by atoms with Crippen molar-refractivity contribution in [3.8, 4) is 0 Å². The van der Waals surface area contributed by atoms with Crippen molar-refractivity contribution in [3.05, 3.63) is 12.2 Å². The van der Waals surface area contributed by atoms with Crippen LogP contribution in [0.2, 0.25) is 0 Å². The minimum absolute atomic E-state index is 0.224. The van der Waals surface area contributed by atoms with Crippen molar-refractivity contribution in [3.63, 3.8) is 0 Å². The summed E-state index contributed by atoms with van der Waals surface area (Å²) in [5, 5.41) is 74.8. The molecule has 1 fully saturated rings. The monoisotopic (exact) mass is 922 g/mol. The maximum absolute atomic E-state index is 13.0. The van der Waals surface area contributed by atoms with Gasteiger partial charge in [-0.3, -0.25) is 13.8 Å². The Bertz CT molecular complexity index is 1130. The molecule has 1 aliphatic carbocycles. The van der Waals surface area contributed by atoms with Gasteiger partial charge in [-0.25, -0.2) is 4.57 Å². The van der Waals surface area contributed by atoms with E-state index in [4.69, 9.17) is 9.05 Å². The average Bonchev–Trinajstić information content (AvgIpc) is 3.26. The van der Waals surface area contributed by atoms with Gasteiger partial charge in [-0.2, -0.15) is 0 Å². The van der Waals surface area contributed by atoms with Gasteiger partial charge in [0.05, 0.1) is 31.3 Å². The summed E-state index contributed by atoms with van der Waals surface area (Å²) in [6.07, 6.45) is 28.3. The smallest absolute Gasteiger partial charge is 0.393 e. The zero-order chi connectivity index (χ0) is 46.6. The number of hydrogen-bond acceptors (Lipinski definition) is 11. The lowest BCUT2D eigenvalue weighted by molar-refractivity contribution is -0.220. The summed E-state index contributed by atoms with van der Waals surface area (Å²) in [4.78, 5) is 23.5. The van der Waals surface area contributed by atoms with Gasteiger partial charge in [0, 0.05) is 0 Å². The number of carbonyl (C=O) groups excluding carboxylic acids is 1. The number of amides is 1. The second-order valence-electron chi connectivity index (χ2n) is 18.6. The van der Waals surface area contributed by atoms with Gasteiger partial charge in [-0.05, 0) is 38.5 Å². The quantitative estimate of drug-likeness (QED) is 0.0158. The number of carbonyl (C=O) groups is 1. The van der Waals surface area contributed by atoms with E-state index in [1.165, 1.54) is 122 Å². The molecule has 0 aromatic rings. The molecule has 8 unspecified atom stereocenters. The molecular weight excluding hydrogens is 826 g/mol. The molecule has 1 saturated carbocycles. The summed E-state index contributed by atoms with van der Waals surface area (Å²) in [6.45, 7) is 3.81. The van der Waals surface area contributed by atoms with E-state index >= 15 is 0 Å². The van der Waals surface area contributed by atoms with Crippen LogP contribution in [0.4, 0.5) is 0 Å². The Morgan fingerprint density at radius 3 is 1.30 bits per heavy atom. The number of phosphoric ester groups is 1. The van der Waals surface area contributed by atoms with Crippen LogP contribution in [0, 0.1) is 0 Å². The molecule has 0 spiro atoms. The van der Waals surface area contributed by atoms with E-state index in [0.29, 0.717) is 12.8 Å². The Kier molecular flexibility index (Phi) is 37.3. The van der Waals surface area contributed by atoms with Crippen molar-refractivity contribution in [2.75, 3.05) is 6.61 Å². The number of allylic oxidation sites excluding steroid dienone is 2. The Balaban J connectivity index is 2.45. The molecule has 13 nitrogen and oxygen atoms in total. The van der Waals surface area contributed by atoms with Crippen LogP contribution >= 0.6 is 7.82 Å². The standard InChI is InChI=1S/C49H96NO12P/c1-3-5-7-9-11-13-15-17-19-20-21-22-23-24-26-28-30-32-34-36-40(51)38-43(53)50-41(39-61-63(59,60)62-49-47(57)45(55)44(54)46(56)48(49)58)42(52)37-35-33-31-29-27-25-18-16-14-12-10-8-6-4-2/h22-23,40-42,44-49,51-52,54-58H,3-21,24-39H2,1-2H3,(H,50,53)(H,59,60)/b23-22-. The second kappa shape index (κ2) is 39.1. The van der Waals surface area contributed by atoms with Crippen molar-refractivity contribution >= 4 is 13.7 Å². The maximum Gasteiger partial charge on any atom is 0.472 e. The average molecular weight is 922 g/mol. The van der Waals surface area contributed by atoms with E-state index in [0.717, 1.165) is 70.6 Å². The lowest BCUT2D eigenvalue weighted by Gasteiger charge is -2.41. The Morgan fingerprint density at radius 1 is 0.540 bits per heavy atom. The number of unbranched alkanes of at least 4 members (excludes halogenated alkanes) is 28. The van der Waals surface area contributed by atoms with Gasteiger partial charge < -0.3 is 46.0 Å². The zero-order valence-electron chi connectivity index (χ0n) is 39.8. The molecule has 14 heteroatoms.